The average Bonchev–Trinajstić information content (AvgIpc) is 2.71. The normalized spacial score (nSPS) is 24.3. The Balaban J connectivity index is 1.02. The van der Waals surface area contributed by atoms with Gasteiger partial charge in [-0.25, -0.2) is 0 Å². The van der Waals surface area contributed by atoms with Crippen LogP contribution in [0.2, 0.25) is 0 Å². The van der Waals surface area contributed by atoms with Crippen LogP contribution in [0.25, 0.3) is 291 Å². The molecule has 0 amide bonds. The highest BCUT2D eigenvalue weighted by Crippen LogP contribution is 2.87. The van der Waals surface area contributed by atoms with Gasteiger partial charge in [0.15, 0.2) is 0 Å². The van der Waals surface area contributed by atoms with Gasteiger partial charge in [0, 0.05) is 44.5 Å². The van der Waals surface area contributed by atoms with Crippen LogP contribution < -0.4 is 4.90 Å². The third kappa shape index (κ3) is 1.74. The van der Waals surface area contributed by atoms with Crippen LogP contribution in [0.5, 0.6) is 0 Å². The third-order valence-electron chi connectivity index (χ3n) is 28.0. The Bertz CT molecular complexity index is 7440. The smallest absolute Gasteiger partial charge is 0.0575 e. The minimum Gasteiger partial charge on any atom is -0.369 e. The number of anilines is 1. The van der Waals surface area contributed by atoms with Gasteiger partial charge in [0.25, 0.3) is 0 Å². The van der Waals surface area contributed by atoms with Crippen molar-refractivity contribution in [2.45, 2.75) is 16.9 Å². The first-order valence-corrected chi connectivity index (χ1v) is 29.2. The van der Waals surface area contributed by atoms with Crippen LogP contribution in [-0.2, 0) is 10.8 Å². The molecule has 2 saturated heterocycles. The summed E-state index contributed by atoms with van der Waals surface area (Å²) < 4.78 is 0. The summed E-state index contributed by atoms with van der Waals surface area (Å²) in [5.41, 5.74) is 9.49. The predicted octanol–water partition coefficient (Wildman–Crippen LogP) is 17.7. The van der Waals surface area contributed by atoms with Crippen molar-refractivity contribution in [2.75, 3.05) is 51.7 Å². The van der Waals surface area contributed by atoms with Crippen LogP contribution in [0.3, 0.4) is 0 Å². The molecule has 0 saturated carbocycles. The van der Waals surface area contributed by atoms with Gasteiger partial charge in [-0.1, -0.05) is 12.1 Å². The SMILES string of the molecule is CN1CCN(c2ccc(C3N(C)CC45c6c7c8c9c%10c%11c(c%12c%13c4c4c6c6c%14c7c7c8c8c%10c%10c%15c%11c%11c%12c%12c%13c%13c4c4c6c6c%14c%14c7c7c8c%10c8c%10c%15c%11c%11c%12c%12c%13c4c4c6c6c%14c7c8c7c%10c%11c%12c4c67)C935)cc2)CC1. The molecule has 1 unspecified atom stereocenters. The lowest BCUT2D eigenvalue weighted by Crippen LogP contribution is -2.51. The summed E-state index contributed by atoms with van der Waals surface area (Å²) >= 11 is 0. The molecule has 35 rings (SSSR count). The van der Waals surface area contributed by atoms with E-state index in [2.05, 4.69) is 53.1 Å². The summed E-state index contributed by atoms with van der Waals surface area (Å²) in [5.74, 6) is 0. The fourth-order valence-corrected chi connectivity index (χ4v) is 27.5. The molecule has 2 spiro atoms. The van der Waals surface area contributed by atoms with Crippen molar-refractivity contribution in [3.8, 4) is 0 Å². The van der Waals surface area contributed by atoms with Gasteiger partial charge >= 0.3 is 0 Å². The molecular formula is C74H21N3. The van der Waals surface area contributed by atoms with E-state index in [9.17, 15) is 0 Å². The van der Waals surface area contributed by atoms with Crippen LogP contribution in [0.15, 0.2) is 24.3 Å². The van der Waals surface area contributed by atoms with Crippen LogP contribution in [0, 0.1) is 0 Å². The van der Waals surface area contributed by atoms with Crippen LogP contribution >= 0.6 is 0 Å². The van der Waals surface area contributed by atoms with E-state index in [1.807, 2.05) is 0 Å². The van der Waals surface area contributed by atoms with Crippen molar-refractivity contribution >= 4 is 297 Å². The highest BCUT2D eigenvalue weighted by atomic mass is 15.2. The first kappa shape index (κ1) is 30.2. The largest absolute Gasteiger partial charge is 0.369 e. The topological polar surface area (TPSA) is 9.72 Å². The molecule has 3 heteroatoms. The monoisotopic (exact) mass is 951 g/mol. The Kier molecular flexibility index (Phi) is 2.79. The van der Waals surface area contributed by atoms with Crippen molar-refractivity contribution in [3.63, 3.8) is 0 Å². The van der Waals surface area contributed by atoms with Crippen molar-refractivity contribution in [2.24, 2.45) is 0 Å². The second kappa shape index (κ2) is 7.11. The van der Waals surface area contributed by atoms with E-state index in [1.165, 1.54) is 11.3 Å². The maximum atomic E-state index is 2.98. The van der Waals surface area contributed by atoms with Gasteiger partial charge in [-0.15, -0.1) is 0 Å². The molecule has 4 aliphatic carbocycles. The zero-order valence-electron chi connectivity index (χ0n) is 40.8. The number of nitrogens with zero attached hydrogens (tertiary/aromatic N) is 3. The second-order valence-corrected chi connectivity index (χ2v) is 28.7. The number of likely N-dealkylation sites (tertiary alicyclic amines) is 1. The standard InChI is InChI=1S/C74H21N3/c1-75-7-9-77(10-8-75)13-5-3-12(4-6-13)72-74-70-64-58-48-36-28-20-16-14-15-18-22(20)30(36)40-34-26(18)27-19(15)23-21-17(14)25-24(16)32-38(28)46-52-42(32)43-33(25)39-29(21)37-31(23)41-35(27)45-44(34)56(50(40)58)66(70)67-57(45)51(41)59-49(37)55-47(39)53(43)61-60(52)68(62(64)54(46)48)73(74,11-76(72)2)69(61)63(55)65(59)71(67)74/h3-6,72H,7-11H2,1-2H3. The van der Waals surface area contributed by atoms with Gasteiger partial charge in [-0.3, -0.25) is 4.90 Å². The Labute approximate surface area is 424 Å². The molecule has 2 aliphatic heterocycles. The third-order valence-corrected chi connectivity index (χ3v) is 28.0. The van der Waals surface area contributed by atoms with E-state index in [4.69, 9.17) is 0 Å². The molecule has 2 heterocycles. The summed E-state index contributed by atoms with van der Waals surface area (Å²) in [7, 11) is 4.89. The van der Waals surface area contributed by atoms with Crippen molar-refractivity contribution in [3.05, 3.63) is 52.1 Å². The van der Waals surface area contributed by atoms with E-state index in [0.717, 1.165) is 32.7 Å². The van der Waals surface area contributed by atoms with Gasteiger partial charge in [-0.05, 0) is 345 Å². The predicted molar refractivity (Wildman–Crippen MR) is 325 cm³/mol. The summed E-state index contributed by atoms with van der Waals surface area (Å²) in [4.78, 5) is 8.14. The number of piperazine rings is 1. The maximum absolute atomic E-state index is 2.98. The highest BCUT2D eigenvalue weighted by Gasteiger charge is 2.75. The molecule has 29 aromatic carbocycles. The summed E-state index contributed by atoms with van der Waals surface area (Å²) in [5, 5.41) is 90.7. The molecule has 1 atom stereocenters. The molecule has 0 aromatic heterocycles. The molecule has 77 heavy (non-hydrogen) atoms. The Morgan fingerprint density at radius 1 is 0.273 bits per heavy atom. The number of hydrogen-bond donors (Lipinski definition) is 0. The van der Waals surface area contributed by atoms with Gasteiger partial charge in [0.05, 0.1) is 10.8 Å². The number of rotatable bonds is 2. The van der Waals surface area contributed by atoms with Crippen molar-refractivity contribution < 1.29 is 0 Å². The Hall–Kier alpha value is -8.60. The lowest BCUT2D eigenvalue weighted by Gasteiger charge is -2.52. The zero-order valence-corrected chi connectivity index (χ0v) is 40.8. The van der Waals surface area contributed by atoms with Crippen molar-refractivity contribution in [1.29, 1.82) is 0 Å². The lowest BCUT2D eigenvalue weighted by molar-refractivity contribution is 0.271. The minimum absolute atomic E-state index is 0.166. The van der Waals surface area contributed by atoms with E-state index in [1.54, 1.807) is 313 Å². The van der Waals surface area contributed by atoms with Crippen molar-refractivity contribution in [1.82, 2.24) is 9.80 Å². The Morgan fingerprint density at radius 3 is 0.740 bits per heavy atom. The summed E-state index contributed by atoms with van der Waals surface area (Å²) in [6.07, 6.45) is 0. The van der Waals surface area contributed by atoms with E-state index >= 15 is 0 Å². The van der Waals surface area contributed by atoms with Gasteiger partial charge in [-0.2, -0.15) is 0 Å². The van der Waals surface area contributed by atoms with E-state index in [-0.39, 0.29) is 16.9 Å². The van der Waals surface area contributed by atoms with Gasteiger partial charge in [0.2, 0.25) is 0 Å². The molecule has 3 nitrogen and oxygen atoms in total. The van der Waals surface area contributed by atoms with Crippen LogP contribution in [0.1, 0.15) is 33.9 Å². The number of benzene rings is 19. The van der Waals surface area contributed by atoms with Gasteiger partial charge < -0.3 is 9.80 Å². The molecular weight excluding hydrogens is 931 g/mol. The van der Waals surface area contributed by atoms with E-state index in [0.29, 0.717) is 0 Å². The number of hydrogen-bond acceptors (Lipinski definition) is 3. The zero-order chi connectivity index (χ0) is 46.3. The first-order chi connectivity index (χ1) is 38.2. The Morgan fingerprint density at radius 2 is 0.494 bits per heavy atom. The van der Waals surface area contributed by atoms with Gasteiger partial charge in [0.1, 0.15) is 0 Å². The van der Waals surface area contributed by atoms with E-state index < -0.39 is 0 Å². The molecule has 29 aromatic rings. The molecule has 0 bridgehead atoms. The summed E-state index contributed by atoms with van der Waals surface area (Å²) in [6, 6.07) is 10.6. The van der Waals surface area contributed by atoms with Crippen LogP contribution in [0.4, 0.5) is 5.69 Å². The highest BCUT2D eigenvalue weighted by molar-refractivity contribution is 6.82. The molecule has 6 aliphatic rings. The number of likely N-dealkylation sites (N-methyl/N-ethyl adjacent to an activating group) is 2. The first-order valence-electron chi connectivity index (χ1n) is 29.2. The average molecular weight is 952 g/mol. The fraction of sp³-hybridized carbons (Fsp3) is 0.135. The maximum Gasteiger partial charge on any atom is 0.0575 e. The second-order valence-electron chi connectivity index (χ2n) is 28.7. The summed E-state index contributed by atoms with van der Waals surface area (Å²) in [6.45, 7) is 5.49. The molecule has 0 radical (unpaired) electrons. The molecule has 332 valence electrons. The quantitative estimate of drug-likeness (QED) is 0.160. The molecule has 2 fully saturated rings. The van der Waals surface area contributed by atoms with Crippen LogP contribution in [-0.4, -0.2) is 56.6 Å². The fourth-order valence-electron chi connectivity index (χ4n) is 27.5. The lowest BCUT2D eigenvalue weighted by atomic mass is 9.47. The minimum atomic E-state index is -0.317. The molecule has 0 N–H and O–H groups in total.